The van der Waals surface area contributed by atoms with E-state index in [1.807, 2.05) is 52.3 Å². The third-order valence-electron chi connectivity index (χ3n) is 5.64. The number of carbonyl (C=O) groups excluding carboxylic acids is 2. The molecule has 4 nitrogen and oxygen atoms in total. The van der Waals surface area contributed by atoms with Gasteiger partial charge in [-0.05, 0) is 48.6 Å². The van der Waals surface area contributed by atoms with Crippen molar-refractivity contribution in [2.45, 2.75) is 31.7 Å². The highest BCUT2D eigenvalue weighted by molar-refractivity contribution is 5.97. The highest BCUT2D eigenvalue weighted by Gasteiger charge is 2.33. The summed E-state index contributed by atoms with van der Waals surface area (Å²) in [5.74, 6) is 0.271. The molecule has 1 saturated heterocycles. The lowest BCUT2D eigenvalue weighted by Crippen LogP contribution is -2.50. The normalized spacial score (nSPS) is 17.6. The number of amides is 2. The van der Waals surface area contributed by atoms with E-state index in [2.05, 4.69) is 12.6 Å². The number of piperidine rings is 1. The van der Waals surface area contributed by atoms with Crippen molar-refractivity contribution in [3.05, 3.63) is 71.8 Å². The zero-order valence-corrected chi connectivity index (χ0v) is 15.4. The van der Waals surface area contributed by atoms with Crippen molar-refractivity contribution in [3.8, 4) is 0 Å². The Balaban J connectivity index is 1.45. The number of likely N-dealkylation sites (tertiary alicyclic amines) is 1. The first-order valence-electron chi connectivity index (χ1n) is 9.59. The number of aryl methyl sites for hydroxylation is 1. The molecule has 4 rings (SSSR count). The summed E-state index contributed by atoms with van der Waals surface area (Å²) in [4.78, 5) is 29.2. The number of anilines is 1. The van der Waals surface area contributed by atoms with Crippen LogP contribution < -0.4 is 4.90 Å². The molecular formula is C23H24N2O2. The van der Waals surface area contributed by atoms with E-state index in [0.29, 0.717) is 25.1 Å². The lowest BCUT2D eigenvalue weighted by Gasteiger charge is -2.41. The van der Waals surface area contributed by atoms with Gasteiger partial charge in [-0.15, -0.1) is 0 Å². The molecule has 2 aliphatic heterocycles. The molecule has 0 saturated carbocycles. The molecule has 0 aromatic heterocycles. The minimum absolute atomic E-state index is 0.0643. The summed E-state index contributed by atoms with van der Waals surface area (Å²) >= 11 is 0. The van der Waals surface area contributed by atoms with Gasteiger partial charge in [0, 0.05) is 36.8 Å². The second-order valence-electron chi connectivity index (χ2n) is 7.24. The summed E-state index contributed by atoms with van der Waals surface area (Å²) < 4.78 is 0. The van der Waals surface area contributed by atoms with Crippen molar-refractivity contribution in [1.82, 2.24) is 4.90 Å². The van der Waals surface area contributed by atoms with Gasteiger partial charge in [0.25, 0.3) is 5.91 Å². The monoisotopic (exact) mass is 360 g/mol. The smallest absolute Gasteiger partial charge is 0.253 e. The van der Waals surface area contributed by atoms with Gasteiger partial charge in [0.05, 0.1) is 0 Å². The Morgan fingerprint density at radius 1 is 1.00 bits per heavy atom. The fraction of sp³-hybridized carbons (Fsp3) is 0.304. The number of para-hydroxylation sites is 1. The average molecular weight is 360 g/mol. The van der Waals surface area contributed by atoms with Crippen molar-refractivity contribution in [3.63, 3.8) is 0 Å². The molecule has 1 fully saturated rings. The zero-order valence-electron chi connectivity index (χ0n) is 15.4. The third kappa shape index (κ3) is 3.39. The van der Waals surface area contributed by atoms with E-state index in [9.17, 15) is 9.59 Å². The molecule has 0 spiro atoms. The van der Waals surface area contributed by atoms with Gasteiger partial charge in [-0.25, -0.2) is 0 Å². The summed E-state index contributed by atoms with van der Waals surface area (Å²) in [6.45, 7) is 5.10. The van der Waals surface area contributed by atoms with E-state index in [-0.39, 0.29) is 17.9 Å². The van der Waals surface area contributed by atoms with E-state index >= 15 is 0 Å². The van der Waals surface area contributed by atoms with Crippen LogP contribution in [0, 0.1) is 0 Å². The number of hydrogen-bond donors (Lipinski definition) is 0. The van der Waals surface area contributed by atoms with E-state index in [1.165, 1.54) is 5.56 Å². The average Bonchev–Trinajstić information content (AvgIpc) is 2.73. The molecule has 138 valence electrons. The minimum Gasteiger partial charge on any atom is -0.338 e. The van der Waals surface area contributed by atoms with Crippen molar-refractivity contribution in [2.75, 3.05) is 18.0 Å². The Hall–Kier alpha value is -2.88. The molecule has 2 heterocycles. The van der Waals surface area contributed by atoms with Crippen molar-refractivity contribution >= 4 is 23.6 Å². The summed E-state index contributed by atoms with van der Waals surface area (Å²) in [7, 11) is 0. The molecule has 0 radical (unpaired) electrons. The molecule has 2 aromatic rings. The molecule has 0 N–H and O–H groups in total. The maximum Gasteiger partial charge on any atom is 0.253 e. The zero-order chi connectivity index (χ0) is 18.8. The van der Waals surface area contributed by atoms with Gasteiger partial charge in [-0.3, -0.25) is 9.59 Å². The van der Waals surface area contributed by atoms with Gasteiger partial charge in [0.1, 0.15) is 0 Å². The summed E-state index contributed by atoms with van der Waals surface area (Å²) in [6, 6.07) is 15.9. The Bertz CT molecular complexity index is 864. The second kappa shape index (κ2) is 7.39. The molecule has 0 unspecified atom stereocenters. The van der Waals surface area contributed by atoms with Crippen LogP contribution in [-0.4, -0.2) is 35.8 Å². The highest BCUT2D eigenvalue weighted by Crippen LogP contribution is 2.32. The van der Waals surface area contributed by atoms with Gasteiger partial charge in [-0.2, -0.15) is 0 Å². The predicted octanol–water partition coefficient (Wildman–Crippen LogP) is 3.91. The molecular weight excluding hydrogens is 336 g/mol. The molecule has 2 amide bonds. The first-order valence-corrected chi connectivity index (χ1v) is 9.59. The fourth-order valence-electron chi connectivity index (χ4n) is 4.13. The summed E-state index contributed by atoms with van der Waals surface area (Å²) in [6.07, 6.45) is 4.80. The lowest BCUT2D eigenvalue weighted by molar-refractivity contribution is -0.119. The van der Waals surface area contributed by atoms with Crippen LogP contribution in [-0.2, 0) is 11.2 Å². The van der Waals surface area contributed by atoms with Crippen LogP contribution in [0.1, 0.15) is 40.7 Å². The van der Waals surface area contributed by atoms with Gasteiger partial charge in [-0.1, -0.05) is 43.0 Å². The third-order valence-corrected chi connectivity index (χ3v) is 5.64. The van der Waals surface area contributed by atoms with Crippen molar-refractivity contribution in [2.24, 2.45) is 0 Å². The topological polar surface area (TPSA) is 40.6 Å². The van der Waals surface area contributed by atoms with Crippen LogP contribution >= 0.6 is 0 Å². The van der Waals surface area contributed by atoms with Crippen LogP contribution in [0.15, 0.2) is 55.1 Å². The van der Waals surface area contributed by atoms with E-state index in [4.69, 9.17) is 0 Å². The Labute approximate surface area is 160 Å². The molecule has 2 aromatic carbocycles. The highest BCUT2D eigenvalue weighted by atomic mass is 16.2. The Morgan fingerprint density at radius 3 is 2.41 bits per heavy atom. The Morgan fingerprint density at radius 2 is 1.70 bits per heavy atom. The standard InChI is InChI=1S/C23H24N2O2/c1-2-17-7-9-19(10-8-17)23(27)24-15-13-20(14-16-24)25-21-6-4-3-5-18(21)11-12-22(25)26/h2-10,20H,1,11-16H2. The SMILES string of the molecule is C=Cc1ccc(C(=O)N2CCC(N3C(=O)CCc4ccccc43)CC2)cc1. The maximum atomic E-state index is 12.8. The number of benzene rings is 2. The van der Waals surface area contributed by atoms with Crippen LogP contribution in [0.2, 0.25) is 0 Å². The number of hydrogen-bond acceptors (Lipinski definition) is 2. The van der Waals surface area contributed by atoms with E-state index in [1.54, 1.807) is 6.08 Å². The summed E-state index contributed by atoms with van der Waals surface area (Å²) in [5.41, 5.74) is 4.02. The van der Waals surface area contributed by atoms with Crippen LogP contribution in [0.4, 0.5) is 5.69 Å². The van der Waals surface area contributed by atoms with Crippen LogP contribution in [0.5, 0.6) is 0 Å². The Kier molecular flexibility index (Phi) is 4.80. The molecule has 0 aliphatic carbocycles. The molecule has 0 atom stereocenters. The quantitative estimate of drug-likeness (QED) is 0.833. The minimum atomic E-state index is 0.0643. The number of nitrogens with zero attached hydrogens (tertiary/aromatic N) is 2. The van der Waals surface area contributed by atoms with Gasteiger partial charge < -0.3 is 9.80 Å². The van der Waals surface area contributed by atoms with E-state index < -0.39 is 0 Å². The molecule has 0 bridgehead atoms. The van der Waals surface area contributed by atoms with Crippen LogP contribution in [0.25, 0.3) is 6.08 Å². The lowest BCUT2D eigenvalue weighted by atomic mass is 9.95. The second-order valence-corrected chi connectivity index (χ2v) is 7.24. The van der Waals surface area contributed by atoms with Gasteiger partial charge in [0.15, 0.2) is 0 Å². The van der Waals surface area contributed by atoms with Gasteiger partial charge >= 0.3 is 0 Å². The number of fused-ring (bicyclic) bond motifs is 1. The van der Waals surface area contributed by atoms with Crippen molar-refractivity contribution in [1.29, 1.82) is 0 Å². The fourth-order valence-corrected chi connectivity index (χ4v) is 4.13. The first kappa shape index (κ1) is 17.5. The maximum absolute atomic E-state index is 12.8. The summed E-state index contributed by atoms with van der Waals surface area (Å²) in [5, 5.41) is 0. The number of carbonyl (C=O) groups is 2. The van der Waals surface area contributed by atoms with E-state index in [0.717, 1.165) is 30.5 Å². The van der Waals surface area contributed by atoms with Gasteiger partial charge in [0.2, 0.25) is 5.91 Å². The largest absolute Gasteiger partial charge is 0.338 e. The van der Waals surface area contributed by atoms with Crippen LogP contribution in [0.3, 0.4) is 0 Å². The molecule has 2 aliphatic rings. The van der Waals surface area contributed by atoms with Crippen molar-refractivity contribution < 1.29 is 9.59 Å². The first-order chi connectivity index (χ1) is 13.2. The molecule has 4 heteroatoms. The number of rotatable bonds is 3. The molecule has 27 heavy (non-hydrogen) atoms. The predicted molar refractivity (Wildman–Crippen MR) is 108 cm³/mol.